The Balaban J connectivity index is 0.00000308. The first-order valence-electron chi connectivity index (χ1n) is 13.6. The van der Waals surface area contributed by atoms with Gasteiger partial charge in [0.2, 0.25) is 0 Å². The molecule has 8 heteroatoms. The average Bonchev–Trinajstić information content (AvgIpc) is 3.34. The molecular formula is C31H34N7Y-. The van der Waals surface area contributed by atoms with E-state index in [4.69, 9.17) is 15.7 Å². The van der Waals surface area contributed by atoms with Crippen molar-refractivity contribution in [1.29, 1.82) is 0 Å². The number of nitrogens with two attached hydrogens (primary N) is 1. The number of nitrogen functional groups attached to an aromatic ring is 1. The van der Waals surface area contributed by atoms with Crippen LogP contribution in [0.1, 0.15) is 49.9 Å². The van der Waals surface area contributed by atoms with E-state index in [1.54, 1.807) is 0 Å². The predicted molar refractivity (Wildman–Crippen MR) is 153 cm³/mol. The van der Waals surface area contributed by atoms with E-state index in [1.807, 2.05) is 28.8 Å². The fraction of sp³-hybridized carbons (Fsp3) is 0.355. The monoisotopic (exact) mass is 593 g/mol. The van der Waals surface area contributed by atoms with Gasteiger partial charge in [-0.2, -0.15) is 5.10 Å². The normalized spacial score (nSPS) is 17.5. The third-order valence-electron chi connectivity index (χ3n) is 8.16. The maximum Gasteiger partial charge on any atom is 0.153 e. The third-order valence-corrected chi connectivity index (χ3v) is 8.16. The molecular weight excluding hydrogens is 559 g/mol. The van der Waals surface area contributed by atoms with E-state index >= 15 is 0 Å². The van der Waals surface area contributed by atoms with Gasteiger partial charge in [-0.25, -0.2) is 14.5 Å². The Labute approximate surface area is 255 Å². The maximum absolute atomic E-state index is 6.45. The first-order chi connectivity index (χ1) is 18.5. The summed E-state index contributed by atoms with van der Waals surface area (Å²) in [4.78, 5) is 17.0. The Morgan fingerprint density at radius 2 is 1.82 bits per heavy atom. The smallest absolute Gasteiger partial charge is 0.153 e. The molecule has 2 aromatic carbocycles. The molecule has 0 saturated heterocycles. The molecule has 3 heterocycles. The molecule has 39 heavy (non-hydrogen) atoms. The summed E-state index contributed by atoms with van der Waals surface area (Å²) in [6.45, 7) is 6.58. The van der Waals surface area contributed by atoms with E-state index < -0.39 is 0 Å². The number of pyridine rings is 1. The predicted octanol–water partition coefficient (Wildman–Crippen LogP) is 5.92. The second-order valence-electron chi connectivity index (χ2n) is 10.6. The van der Waals surface area contributed by atoms with E-state index in [0.717, 1.165) is 82.2 Å². The number of fused-ring (bicyclic) bond motifs is 2. The van der Waals surface area contributed by atoms with Crippen molar-refractivity contribution in [2.45, 2.75) is 45.4 Å². The van der Waals surface area contributed by atoms with E-state index in [0.29, 0.717) is 11.7 Å². The Kier molecular flexibility index (Phi) is 8.41. The second kappa shape index (κ2) is 11.8. The van der Waals surface area contributed by atoms with Gasteiger partial charge in [-0.1, -0.05) is 48.9 Å². The molecule has 7 nitrogen and oxygen atoms in total. The van der Waals surface area contributed by atoms with Crippen LogP contribution >= 0.6 is 0 Å². The minimum Gasteiger partial charge on any atom is -0.382 e. The van der Waals surface area contributed by atoms with Crippen molar-refractivity contribution >= 4 is 22.2 Å². The zero-order chi connectivity index (χ0) is 26.2. The summed E-state index contributed by atoms with van der Waals surface area (Å²) in [5, 5.41) is 5.60. The van der Waals surface area contributed by atoms with Gasteiger partial charge in [-0.15, -0.1) is 23.6 Å². The molecule has 1 radical (unpaired) electrons. The van der Waals surface area contributed by atoms with Gasteiger partial charge in [0.05, 0.1) is 0 Å². The van der Waals surface area contributed by atoms with Gasteiger partial charge in [0, 0.05) is 45.2 Å². The van der Waals surface area contributed by atoms with Gasteiger partial charge < -0.3 is 15.6 Å². The Morgan fingerprint density at radius 1 is 1.05 bits per heavy atom. The van der Waals surface area contributed by atoms with Crippen molar-refractivity contribution in [3.05, 3.63) is 72.3 Å². The van der Waals surface area contributed by atoms with Crippen molar-refractivity contribution in [2.24, 2.45) is 5.92 Å². The minimum absolute atomic E-state index is 0. The molecule has 0 unspecified atom stereocenters. The van der Waals surface area contributed by atoms with Gasteiger partial charge in [0.15, 0.2) is 5.82 Å². The van der Waals surface area contributed by atoms with Crippen LogP contribution in [0.3, 0.4) is 0 Å². The molecule has 0 spiro atoms. The van der Waals surface area contributed by atoms with E-state index in [9.17, 15) is 0 Å². The van der Waals surface area contributed by atoms with Gasteiger partial charge in [-0.3, -0.25) is 0 Å². The first kappa shape index (κ1) is 27.8. The summed E-state index contributed by atoms with van der Waals surface area (Å²) >= 11 is 0. The van der Waals surface area contributed by atoms with E-state index in [2.05, 4.69) is 66.2 Å². The fourth-order valence-electron chi connectivity index (χ4n) is 5.88. The van der Waals surface area contributed by atoms with Gasteiger partial charge in [0.25, 0.3) is 0 Å². The van der Waals surface area contributed by atoms with Crippen LogP contribution in [0.5, 0.6) is 0 Å². The number of nitrogens with zero attached hydrogens (tertiary/aromatic N) is 6. The van der Waals surface area contributed by atoms with Crippen molar-refractivity contribution in [1.82, 2.24) is 29.5 Å². The number of anilines is 1. The summed E-state index contributed by atoms with van der Waals surface area (Å²) in [7, 11) is 2.21. The van der Waals surface area contributed by atoms with E-state index in [-0.39, 0.29) is 32.7 Å². The van der Waals surface area contributed by atoms with Crippen LogP contribution in [0.4, 0.5) is 5.82 Å². The number of aryl methyl sites for hydroxylation is 1. The van der Waals surface area contributed by atoms with Crippen molar-refractivity contribution in [3.63, 3.8) is 0 Å². The SMILES string of the molecule is CCN(C)CC1CCC(c2nc(-c3ccc4[c-]cc(-c5ccccc5)nc4c3C)c3c(N)ncnn23)CC1.[Y]. The number of hydrogen-bond acceptors (Lipinski definition) is 6. The number of benzene rings is 2. The molecule has 2 N–H and O–H groups in total. The second-order valence-corrected chi connectivity index (χ2v) is 10.6. The van der Waals surface area contributed by atoms with E-state index in [1.165, 1.54) is 19.2 Å². The average molecular weight is 594 g/mol. The van der Waals surface area contributed by atoms with Crippen molar-refractivity contribution < 1.29 is 32.7 Å². The van der Waals surface area contributed by atoms with Crippen LogP contribution in [-0.4, -0.2) is 49.6 Å². The molecule has 0 bridgehead atoms. The van der Waals surface area contributed by atoms with Crippen molar-refractivity contribution in [3.8, 4) is 22.5 Å². The topological polar surface area (TPSA) is 85.2 Å². The van der Waals surface area contributed by atoms with Gasteiger partial charge in [0.1, 0.15) is 23.4 Å². The molecule has 1 aliphatic carbocycles. The Hall–Kier alpha value is -2.74. The molecule has 0 atom stereocenters. The van der Waals surface area contributed by atoms with Crippen LogP contribution in [0, 0.1) is 18.9 Å². The number of rotatable bonds is 6. The molecule has 0 aliphatic heterocycles. The Bertz CT molecular complexity index is 1590. The quantitative estimate of drug-likeness (QED) is 0.246. The largest absolute Gasteiger partial charge is 0.382 e. The van der Waals surface area contributed by atoms with Gasteiger partial charge in [-0.05, 0) is 74.5 Å². The summed E-state index contributed by atoms with van der Waals surface area (Å²) < 4.78 is 1.93. The molecule has 1 aliphatic rings. The molecule has 197 valence electrons. The maximum atomic E-state index is 6.45. The van der Waals surface area contributed by atoms with Gasteiger partial charge >= 0.3 is 0 Å². The molecule has 0 amide bonds. The zero-order valence-electron chi connectivity index (χ0n) is 22.9. The summed E-state index contributed by atoms with van der Waals surface area (Å²) in [6.07, 6.45) is 6.17. The van der Waals surface area contributed by atoms with Crippen LogP contribution in [-0.2, 0) is 32.7 Å². The summed E-state index contributed by atoms with van der Waals surface area (Å²) in [5.41, 5.74) is 13.0. The third kappa shape index (κ3) is 5.37. The summed E-state index contributed by atoms with van der Waals surface area (Å²) in [5.74, 6) is 2.53. The number of imidazole rings is 1. The molecule has 1 saturated carbocycles. The molecule has 3 aromatic heterocycles. The Morgan fingerprint density at radius 3 is 2.56 bits per heavy atom. The van der Waals surface area contributed by atoms with Crippen molar-refractivity contribution in [2.75, 3.05) is 25.9 Å². The van der Waals surface area contributed by atoms with Crippen LogP contribution in [0.25, 0.3) is 38.9 Å². The van der Waals surface area contributed by atoms with Crippen LogP contribution in [0.2, 0.25) is 0 Å². The minimum atomic E-state index is 0. The number of aromatic nitrogens is 5. The standard InChI is InChI=1S/C31H34N7.Y/c1-4-37(3)18-21-10-12-24(13-11-21)31-36-28(29-30(32)33-19-34-38(29)31)25-16-14-23-15-17-26(35-27(23)20(25)2)22-8-6-5-7-9-22;/h5-9,14,16-17,19,21,24H,4,10-13,18H2,1-3H3,(H2,32,33,34);/q-1;. The molecule has 5 aromatic rings. The molecule has 1 fully saturated rings. The van der Waals surface area contributed by atoms with Crippen LogP contribution in [0.15, 0.2) is 54.9 Å². The number of hydrogen-bond donors (Lipinski definition) is 1. The molecule has 6 rings (SSSR count). The van der Waals surface area contributed by atoms with Crippen LogP contribution < -0.4 is 5.73 Å². The fourth-order valence-corrected chi connectivity index (χ4v) is 5.88. The first-order valence-corrected chi connectivity index (χ1v) is 13.6. The summed E-state index contributed by atoms with van der Waals surface area (Å²) in [6, 6.07) is 19.8. The zero-order valence-corrected chi connectivity index (χ0v) is 25.8.